The van der Waals surface area contributed by atoms with Crippen LogP contribution in [0.2, 0.25) is 0 Å². The minimum absolute atomic E-state index is 0.174. The van der Waals surface area contributed by atoms with Crippen LogP contribution >= 0.6 is 0 Å². The van der Waals surface area contributed by atoms with Gasteiger partial charge in [0.15, 0.2) is 5.82 Å². The van der Waals surface area contributed by atoms with E-state index in [9.17, 15) is 9.90 Å². The summed E-state index contributed by atoms with van der Waals surface area (Å²) >= 11 is 0. The van der Waals surface area contributed by atoms with Gasteiger partial charge in [0.2, 0.25) is 5.88 Å². The van der Waals surface area contributed by atoms with Crippen LogP contribution in [0.1, 0.15) is 51.8 Å². The molecule has 10 heteroatoms. The molecule has 2 aromatic heterocycles. The van der Waals surface area contributed by atoms with Gasteiger partial charge in [-0.15, -0.1) is 0 Å². The van der Waals surface area contributed by atoms with Crippen molar-refractivity contribution in [1.82, 2.24) is 19.9 Å². The average Bonchev–Trinajstić information content (AvgIpc) is 2.96. The largest absolute Gasteiger partial charge is 0.478 e. The van der Waals surface area contributed by atoms with E-state index in [4.69, 9.17) is 19.4 Å². The number of amides is 1. The third-order valence-electron chi connectivity index (χ3n) is 7.38. The lowest BCUT2D eigenvalue weighted by atomic mass is 10.0. The van der Waals surface area contributed by atoms with Crippen LogP contribution in [0.3, 0.4) is 0 Å². The van der Waals surface area contributed by atoms with Gasteiger partial charge in [0.25, 0.3) is 5.91 Å². The number of hydrogen-bond acceptors (Lipinski definition) is 9. The molecule has 218 valence electrons. The first kappa shape index (κ1) is 28.8. The van der Waals surface area contributed by atoms with E-state index < -0.39 is 5.60 Å². The van der Waals surface area contributed by atoms with Crippen LogP contribution < -0.4 is 15.0 Å². The van der Waals surface area contributed by atoms with Crippen LogP contribution in [-0.4, -0.2) is 75.4 Å². The monoisotopic (exact) mass is 560 g/mol. The van der Waals surface area contributed by atoms with Crippen molar-refractivity contribution in [2.45, 2.75) is 65.1 Å². The molecule has 0 aliphatic carbocycles. The summed E-state index contributed by atoms with van der Waals surface area (Å²) in [7, 11) is 0. The molecular formula is C31H40N6O4. The molecule has 5 rings (SSSR count). The van der Waals surface area contributed by atoms with Gasteiger partial charge >= 0.3 is 0 Å². The second-order valence-corrected chi connectivity index (χ2v) is 11.2. The van der Waals surface area contributed by atoms with Crippen molar-refractivity contribution in [1.29, 1.82) is 0 Å². The molecule has 1 aromatic carbocycles. The predicted octanol–water partition coefficient (Wildman–Crippen LogP) is 4.34. The van der Waals surface area contributed by atoms with Crippen molar-refractivity contribution in [2.75, 3.05) is 43.1 Å². The van der Waals surface area contributed by atoms with Gasteiger partial charge in [0.1, 0.15) is 17.2 Å². The van der Waals surface area contributed by atoms with Crippen LogP contribution in [0.5, 0.6) is 5.88 Å². The van der Waals surface area contributed by atoms with E-state index in [0.717, 1.165) is 47.7 Å². The van der Waals surface area contributed by atoms with Crippen LogP contribution in [0.4, 0.5) is 17.3 Å². The predicted molar refractivity (Wildman–Crippen MR) is 158 cm³/mol. The number of anilines is 3. The molecule has 0 unspecified atom stereocenters. The molecule has 2 aliphatic rings. The third-order valence-corrected chi connectivity index (χ3v) is 7.38. The molecule has 4 heterocycles. The maximum absolute atomic E-state index is 12.9. The molecule has 1 fully saturated rings. The fourth-order valence-corrected chi connectivity index (χ4v) is 5.12. The number of unbranched alkanes of at least 4 members (excludes halogenated alkanes) is 1. The molecular weight excluding hydrogens is 520 g/mol. The van der Waals surface area contributed by atoms with Gasteiger partial charge in [-0.1, -0.05) is 19.4 Å². The molecule has 1 amide bonds. The summed E-state index contributed by atoms with van der Waals surface area (Å²) in [4.78, 5) is 31.4. The Hall–Kier alpha value is -3.76. The van der Waals surface area contributed by atoms with Gasteiger partial charge in [0, 0.05) is 36.0 Å². The topological polar surface area (TPSA) is 113 Å². The first-order valence-corrected chi connectivity index (χ1v) is 14.5. The van der Waals surface area contributed by atoms with Crippen molar-refractivity contribution in [3.8, 4) is 17.3 Å². The van der Waals surface area contributed by atoms with Gasteiger partial charge in [0.05, 0.1) is 38.1 Å². The van der Waals surface area contributed by atoms with E-state index in [2.05, 4.69) is 29.0 Å². The van der Waals surface area contributed by atoms with E-state index in [1.54, 1.807) is 4.90 Å². The summed E-state index contributed by atoms with van der Waals surface area (Å²) in [6, 6.07) is 13.8. The zero-order valence-electron chi connectivity index (χ0n) is 24.4. The minimum atomic E-state index is -1.44. The molecule has 41 heavy (non-hydrogen) atoms. The van der Waals surface area contributed by atoms with E-state index in [0.29, 0.717) is 56.9 Å². The Morgan fingerprint density at radius 2 is 1.95 bits per heavy atom. The van der Waals surface area contributed by atoms with Crippen molar-refractivity contribution < 1.29 is 19.4 Å². The van der Waals surface area contributed by atoms with Crippen LogP contribution in [0, 0.1) is 0 Å². The number of ether oxygens (including phenoxy) is 2. The SMILES string of the molecule is CCCCOc1cccc(Nc2ccc(-c3nc4c(c(N5CCOC[C@@H]5C)n3)CCN(C(=O)C(C)(C)O)C4)cc2)n1. The van der Waals surface area contributed by atoms with Gasteiger partial charge in [-0.25, -0.2) is 9.97 Å². The van der Waals surface area contributed by atoms with E-state index in [1.165, 1.54) is 13.8 Å². The standard InChI is InChI=1S/C31H40N6O4/c1-5-6-17-41-27-9-7-8-26(34-27)32-23-12-10-22(11-13-23)28-33-25-19-36(30(38)31(3,4)39)15-14-24(25)29(35-28)37-16-18-40-20-21(37)2/h7-13,21,39H,5-6,14-20H2,1-4H3,(H,32,34)/t21-/m0/s1. The molecule has 2 N–H and O–H groups in total. The first-order valence-electron chi connectivity index (χ1n) is 14.5. The summed E-state index contributed by atoms with van der Waals surface area (Å²) in [5, 5.41) is 13.7. The number of rotatable bonds is 9. The maximum atomic E-state index is 12.9. The van der Waals surface area contributed by atoms with Gasteiger partial charge < -0.3 is 29.7 Å². The highest BCUT2D eigenvalue weighted by atomic mass is 16.5. The number of pyridine rings is 1. The fraction of sp³-hybridized carbons (Fsp3) is 0.484. The molecule has 3 aromatic rings. The van der Waals surface area contributed by atoms with Crippen LogP contribution in [0.25, 0.3) is 11.4 Å². The highest BCUT2D eigenvalue weighted by molar-refractivity contribution is 5.84. The number of carbonyl (C=O) groups is 1. The molecule has 10 nitrogen and oxygen atoms in total. The normalized spacial score (nSPS) is 17.2. The number of carbonyl (C=O) groups excluding carboxylic acids is 1. The second-order valence-electron chi connectivity index (χ2n) is 11.2. The van der Waals surface area contributed by atoms with Crippen molar-refractivity contribution in [3.63, 3.8) is 0 Å². The average molecular weight is 561 g/mol. The molecule has 0 spiro atoms. The Bertz CT molecular complexity index is 1360. The van der Waals surface area contributed by atoms with Gasteiger partial charge in [-0.05, 0) is 63.9 Å². The Labute approximate surface area is 241 Å². The van der Waals surface area contributed by atoms with Crippen molar-refractivity contribution >= 4 is 23.2 Å². The van der Waals surface area contributed by atoms with Crippen LogP contribution in [0.15, 0.2) is 42.5 Å². The molecule has 0 saturated carbocycles. The van der Waals surface area contributed by atoms with E-state index in [-0.39, 0.29) is 11.9 Å². The number of morpholine rings is 1. The summed E-state index contributed by atoms with van der Waals surface area (Å²) in [6.07, 6.45) is 2.70. The number of fused-ring (bicyclic) bond motifs is 1. The number of aliphatic hydroxyl groups is 1. The lowest BCUT2D eigenvalue weighted by Crippen LogP contribution is -2.48. The van der Waals surface area contributed by atoms with Crippen LogP contribution in [-0.2, 0) is 22.5 Å². The fourth-order valence-electron chi connectivity index (χ4n) is 5.12. The lowest BCUT2D eigenvalue weighted by molar-refractivity contribution is -0.148. The lowest BCUT2D eigenvalue weighted by Gasteiger charge is -2.38. The summed E-state index contributed by atoms with van der Waals surface area (Å²) < 4.78 is 11.4. The smallest absolute Gasteiger partial charge is 0.254 e. The number of aromatic nitrogens is 3. The number of nitrogens with one attached hydrogen (secondary N) is 1. The Kier molecular flexibility index (Phi) is 8.70. The summed E-state index contributed by atoms with van der Waals surface area (Å²) in [6.45, 7) is 10.8. The highest BCUT2D eigenvalue weighted by Crippen LogP contribution is 2.32. The van der Waals surface area contributed by atoms with Gasteiger partial charge in [-0.3, -0.25) is 4.79 Å². The van der Waals surface area contributed by atoms with E-state index >= 15 is 0 Å². The molecule has 1 atom stereocenters. The summed E-state index contributed by atoms with van der Waals surface area (Å²) in [5.74, 6) is 2.52. The first-order chi connectivity index (χ1) is 19.7. The molecule has 0 bridgehead atoms. The van der Waals surface area contributed by atoms with Gasteiger partial charge in [-0.2, -0.15) is 4.98 Å². The quantitative estimate of drug-likeness (QED) is 0.369. The molecule has 2 aliphatic heterocycles. The maximum Gasteiger partial charge on any atom is 0.254 e. The zero-order valence-corrected chi connectivity index (χ0v) is 24.4. The summed E-state index contributed by atoms with van der Waals surface area (Å²) in [5.41, 5.74) is 2.20. The minimum Gasteiger partial charge on any atom is -0.478 e. The number of benzene rings is 1. The molecule has 0 radical (unpaired) electrons. The zero-order chi connectivity index (χ0) is 29.0. The molecule has 1 saturated heterocycles. The number of nitrogens with zero attached hydrogens (tertiary/aromatic N) is 5. The van der Waals surface area contributed by atoms with Crippen molar-refractivity contribution in [3.05, 3.63) is 53.7 Å². The third kappa shape index (κ3) is 6.77. The Balaban J connectivity index is 1.41. The Morgan fingerprint density at radius 1 is 1.15 bits per heavy atom. The number of hydrogen-bond donors (Lipinski definition) is 2. The highest BCUT2D eigenvalue weighted by Gasteiger charge is 2.34. The second kappa shape index (κ2) is 12.4. The van der Waals surface area contributed by atoms with Crippen molar-refractivity contribution in [2.24, 2.45) is 0 Å². The Morgan fingerprint density at radius 3 is 2.68 bits per heavy atom. The van der Waals surface area contributed by atoms with E-state index in [1.807, 2.05) is 42.5 Å².